The minimum absolute atomic E-state index is 0.872. The van der Waals surface area contributed by atoms with Crippen LogP contribution in [0.4, 0.5) is 5.69 Å². The molecule has 0 saturated carbocycles. The van der Waals surface area contributed by atoms with E-state index in [9.17, 15) is 0 Å². The lowest BCUT2D eigenvalue weighted by Crippen LogP contribution is -2.04. The molecule has 1 N–H and O–H groups in total. The molecule has 0 atom stereocenters. The number of hydrogen-bond acceptors (Lipinski definition) is 1. The largest absolute Gasteiger partial charge is 0.380 e. The van der Waals surface area contributed by atoms with Gasteiger partial charge in [-0.1, -0.05) is 15.9 Å². The van der Waals surface area contributed by atoms with Gasteiger partial charge < -0.3 is 9.88 Å². The van der Waals surface area contributed by atoms with E-state index in [0.717, 1.165) is 11.0 Å². The summed E-state index contributed by atoms with van der Waals surface area (Å²) in [4.78, 5) is 0. The molecule has 0 aliphatic carbocycles. The zero-order chi connectivity index (χ0) is 14.2. The number of hydrogen-bond donors (Lipinski definition) is 1. The fourth-order valence-corrected chi connectivity index (χ4v) is 3.17. The van der Waals surface area contributed by atoms with Crippen LogP contribution in [0.5, 0.6) is 0 Å². The Morgan fingerprint density at radius 2 is 1.63 bits per heavy atom. The molecule has 0 aliphatic heterocycles. The van der Waals surface area contributed by atoms with Crippen molar-refractivity contribution in [2.75, 3.05) is 5.32 Å². The van der Waals surface area contributed by atoms with Crippen molar-refractivity contribution in [1.29, 1.82) is 0 Å². The average Bonchev–Trinajstić information content (AvgIpc) is 2.55. The molecular formula is C16H21BrN2. The maximum Gasteiger partial charge on any atom is 0.0418 e. The van der Waals surface area contributed by atoms with Crippen LogP contribution in [0.2, 0.25) is 0 Å². The normalized spacial score (nSPS) is 10.8. The van der Waals surface area contributed by atoms with E-state index in [1.807, 2.05) is 0 Å². The lowest BCUT2D eigenvalue weighted by atomic mass is 10.1. The highest BCUT2D eigenvalue weighted by molar-refractivity contribution is 9.10. The van der Waals surface area contributed by atoms with Gasteiger partial charge in [-0.2, -0.15) is 0 Å². The van der Waals surface area contributed by atoms with Crippen molar-refractivity contribution in [3.05, 3.63) is 50.8 Å². The summed E-state index contributed by atoms with van der Waals surface area (Å²) in [5.74, 6) is 0. The second-order valence-corrected chi connectivity index (χ2v) is 6.14. The summed E-state index contributed by atoms with van der Waals surface area (Å²) in [6.07, 6.45) is 0. The lowest BCUT2D eigenvalue weighted by molar-refractivity contribution is 0.837. The molecule has 0 radical (unpaired) electrons. The first-order valence-electron chi connectivity index (χ1n) is 6.52. The Morgan fingerprint density at radius 3 is 2.11 bits per heavy atom. The highest BCUT2D eigenvalue weighted by Gasteiger charge is 2.08. The molecule has 2 nitrogen and oxygen atoms in total. The third kappa shape index (κ3) is 2.86. The Balaban J connectivity index is 2.21. The quantitative estimate of drug-likeness (QED) is 0.872. The van der Waals surface area contributed by atoms with Crippen molar-refractivity contribution >= 4 is 21.6 Å². The summed E-state index contributed by atoms with van der Waals surface area (Å²) < 4.78 is 3.37. The van der Waals surface area contributed by atoms with Crippen LogP contribution >= 0.6 is 15.9 Å². The van der Waals surface area contributed by atoms with Crippen molar-refractivity contribution in [3.8, 4) is 0 Å². The zero-order valence-electron chi connectivity index (χ0n) is 12.3. The molecule has 2 aromatic rings. The molecule has 1 aromatic heterocycles. The number of nitrogens with zero attached hydrogens (tertiary/aromatic N) is 1. The number of aryl methyl sites for hydroxylation is 3. The summed E-state index contributed by atoms with van der Waals surface area (Å²) in [5, 5.41) is 3.57. The van der Waals surface area contributed by atoms with E-state index in [1.165, 1.54) is 33.8 Å². The van der Waals surface area contributed by atoms with Gasteiger partial charge in [-0.05, 0) is 62.6 Å². The third-order valence-corrected chi connectivity index (χ3v) is 4.29. The maximum atomic E-state index is 3.57. The monoisotopic (exact) mass is 320 g/mol. The predicted octanol–water partition coefficient (Wildman–Crippen LogP) is 4.63. The van der Waals surface area contributed by atoms with Crippen LogP contribution in [0.3, 0.4) is 0 Å². The van der Waals surface area contributed by atoms with Crippen LogP contribution in [0.15, 0.2) is 22.7 Å². The number of aromatic nitrogens is 1. The van der Waals surface area contributed by atoms with Crippen molar-refractivity contribution in [2.24, 2.45) is 7.05 Å². The number of nitrogens with one attached hydrogen (secondary N) is 1. The van der Waals surface area contributed by atoms with E-state index in [-0.39, 0.29) is 0 Å². The topological polar surface area (TPSA) is 17.0 Å². The molecular weight excluding hydrogens is 300 g/mol. The fraction of sp³-hybridized carbons (Fsp3) is 0.375. The minimum Gasteiger partial charge on any atom is -0.380 e. The molecule has 1 aromatic carbocycles. The first kappa shape index (κ1) is 14.2. The van der Waals surface area contributed by atoms with E-state index >= 15 is 0 Å². The van der Waals surface area contributed by atoms with Gasteiger partial charge >= 0.3 is 0 Å². The lowest BCUT2D eigenvalue weighted by Gasteiger charge is -2.13. The van der Waals surface area contributed by atoms with E-state index in [1.54, 1.807) is 0 Å². The Hall–Kier alpha value is -1.22. The van der Waals surface area contributed by atoms with Crippen LogP contribution in [-0.2, 0) is 13.6 Å². The molecule has 1 heterocycles. The van der Waals surface area contributed by atoms with Gasteiger partial charge in [0, 0.05) is 35.1 Å². The predicted molar refractivity (Wildman–Crippen MR) is 85.8 cm³/mol. The number of halogens is 1. The van der Waals surface area contributed by atoms with Gasteiger partial charge in [0.1, 0.15) is 0 Å². The molecule has 3 heteroatoms. The van der Waals surface area contributed by atoms with Gasteiger partial charge in [0.05, 0.1) is 0 Å². The summed E-state index contributed by atoms with van der Waals surface area (Å²) in [7, 11) is 2.12. The molecule has 0 spiro atoms. The van der Waals surface area contributed by atoms with Crippen LogP contribution < -0.4 is 5.32 Å². The van der Waals surface area contributed by atoms with Crippen LogP contribution in [0.1, 0.15) is 28.1 Å². The smallest absolute Gasteiger partial charge is 0.0418 e. The fourth-order valence-electron chi connectivity index (χ4n) is 2.49. The number of rotatable bonds is 3. The van der Waals surface area contributed by atoms with Gasteiger partial charge in [0.25, 0.3) is 0 Å². The first-order valence-corrected chi connectivity index (χ1v) is 7.32. The van der Waals surface area contributed by atoms with Crippen molar-refractivity contribution < 1.29 is 0 Å². The van der Waals surface area contributed by atoms with Crippen molar-refractivity contribution in [1.82, 2.24) is 4.57 Å². The standard InChI is InChI=1S/C16H21BrN2/c1-10-6-15(17)7-11(2)16(10)18-9-14-8-12(3)19(5)13(14)4/h6-8,18H,9H2,1-5H3. The van der Waals surface area contributed by atoms with Gasteiger partial charge in [-0.25, -0.2) is 0 Å². The van der Waals surface area contributed by atoms with Crippen LogP contribution in [0.25, 0.3) is 0 Å². The highest BCUT2D eigenvalue weighted by Crippen LogP contribution is 2.26. The van der Waals surface area contributed by atoms with E-state index in [0.29, 0.717) is 0 Å². The Kier molecular flexibility index (Phi) is 4.04. The van der Waals surface area contributed by atoms with E-state index in [2.05, 4.69) is 78.8 Å². The van der Waals surface area contributed by atoms with Crippen LogP contribution in [0, 0.1) is 27.7 Å². The zero-order valence-corrected chi connectivity index (χ0v) is 13.9. The highest BCUT2D eigenvalue weighted by atomic mass is 79.9. The SMILES string of the molecule is Cc1cc(Br)cc(C)c1NCc1cc(C)n(C)c1C. The summed E-state index contributed by atoms with van der Waals surface area (Å²) in [6.45, 7) is 9.47. The van der Waals surface area contributed by atoms with E-state index < -0.39 is 0 Å². The average molecular weight is 321 g/mol. The second-order valence-electron chi connectivity index (χ2n) is 5.22. The summed E-state index contributed by atoms with van der Waals surface area (Å²) >= 11 is 3.54. The molecule has 0 fully saturated rings. The molecule has 0 unspecified atom stereocenters. The minimum atomic E-state index is 0.872. The molecule has 0 bridgehead atoms. The molecule has 19 heavy (non-hydrogen) atoms. The second kappa shape index (κ2) is 5.41. The molecule has 2 rings (SSSR count). The van der Waals surface area contributed by atoms with E-state index in [4.69, 9.17) is 0 Å². The maximum absolute atomic E-state index is 3.57. The Bertz CT molecular complexity index is 588. The van der Waals surface area contributed by atoms with Gasteiger partial charge in [0.15, 0.2) is 0 Å². The summed E-state index contributed by atoms with van der Waals surface area (Å²) in [6, 6.07) is 6.56. The van der Waals surface area contributed by atoms with Crippen molar-refractivity contribution in [3.63, 3.8) is 0 Å². The molecule has 0 aliphatic rings. The molecule has 0 saturated heterocycles. The van der Waals surface area contributed by atoms with Gasteiger partial charge in [-0.15, -0.1) is 0 Å². The van der Waals surface area contributed by atoms with Crippen LogP contribution in [-0.4, -0.2) is 4.57 Å². The number of anilines is 1. The molecule has 102 valence electrons. The van der Waals surface area contributed by atoms with Gasteiger partial charge in [0.2, 0.25) is 0 Å². The third-order valence-electron chi connectivity index (χ3n) is 3.83. The number of benzene rings is 1. The Morgan fingerprint density at radius 1 is 1.05 bits per heavy atom. The Labute approximate surface area is 124 Å². The summed E-state index contributed by atoms with van der Waals surface area (Å²) in [5.41, 5.74) is 7.79. The van der Waals surface area contributed by atoms with Crippen molar-refractivity contribution in [2.45, 2.75) is 34.2 Å². The first-order chi connectivity index (χ1) is 8.90. The molecule has 0 amide bonds. The van der Waals surface area contributed by atoms with Gasteiger partial charge in [-0.3, -0.25) is 0 Å².